The molecule has 0 bridgehead atoms. The Hall–Kier alpha value is -1.40. The summed E-state index contributed by atoms with van der Waals surface area (Å²) >= 11 is 0. The largest absolute Gasteiger partial charge is 0.385 e. The van der Waals surface area contributed by atoms with Gasteiger partial charge in [-0.3, -0.25) is 4.79 Å². The molecule has 6 heteroatoms. The van der Waals surface area contributed by atoms with E-state index in [2.05, 4.69) is 4.98 Å². The van der Waals surface area contributed by atoms with Gasteiger partial charge in [-0.05, 0) is 31.6 Å². The van der Waals surface area contributed by atoms with Crippen molar-refractivity contribution >= 4 is 5.91 Å². The zero-order valence-electron chi connectivity index (χ0n) is 13.5. The normalized spacial score (nSPS) is 28.5. The molecule has 1 spiro atoms. The quantitative estimate of drug-likeness (QED) is 0.845. The molecule has 1 aromatic heterocycles. The molecule has 2 atom stereocenters. The molecule has 2 unspecified atom stereocenters. The molecule has 0 aliphatic carbocycles. The molecular formula is C16H25N3O3. The molecule has 1 amide bonds. The number of nitrogens with zero attached hydrogens (tertiary/aromatic N) is 3. The van der Waals surface area contributed by atoms with Crippen molar-refractivity contribution in [3.05, 3.63) is 18.2 Å². The van der Waals surface area contributed by atoms with Crippen LogP contribution < -0.4 is 0 Å². The third kappa shape index (κ3) is 3.17. The van der Waals surface area contributed by atoms with Gasteiger partial charge < -0.3 is 18.9 Å². The minimum Gasteiger partial charge on any atom is -0.385 e. The van der Waals surface area contributed by atoms with Crippen molar-refractivity contribution in [2.75, 3.05) is 33.4 Å². The number of carbonyl (C=O) groups excluding carboxylic acids is 1. The van der Waals surface area contributed by atoms with Crippen molar-refractivity contribution in [3.8, 4) is 0 Å². The minimum atomic E-state index is -0.152. The molecule has 3 heterocycles. The summed E-state index contributed by atoms with van der Waals surface area (Å²) < 4.78 is 13.1. The Bertz CT molecular complexity index is 530. The number of ether oxygens (including phenoxy) is 2. The molecule has 2 saturated heterocycles. The predicted octanol–water partition coefficient (Wildman–Crippen LogP) is 1.47. The highest BCUT2D eigenvalue weighted by molar-refractivity contribution is 5.92. The van der Waals surface area contributed by atoms with E-state index in [1.807, 2.05) is 11.9 Å². The standard InChI is InChI=1S/C16H25N3O3/c1-18-9-14(17-12-18)15(20)19-6-3-5-16(11-19)8-13(10-22-16)4-7-21-2/h9,12-13H,3-8,10-11H2,1-2H3. The fraction of sp³-hybridized carbons (Fsp3) is 0.750. The lowest BCUT2D eigenvalue weighted by molar-refractivity contribution is -0.0451. The molecule has 0 saturated carbocycles. The molecule has 2 aliphatic heterocycles. The molecule has 2 aliphatic rings. The monoisotopic (exact) mass is 307 g/mol. The third-order valence-electron chi connectivity index (χ3n) is 4.77. The van der Waals surface area contributed by atoms with E-state index in [4.69, 9.17) is 9.47 Å². The molecule has 0 aromatic carbocycles. The number of hydrogen-bond donors (Lipinski definition) is 0. The highest BCUT2D eigenvalue weighted by Gasteiger charge is 2.44. The number of amides is 1. The highest BCUT2D eigenvalue weighted by atomic mass is 16.5. The van der Waals surface area contributed by atoms with Crippen LogP contribution in [0.4, 0.5) is 0 Å². The van der Waals surface area contributed by atoms with E-state index in [0.717, 1.165) is 45.4 Å². The van der Waals surface area contributed by atoms with Crippen LogP contribution in [-0.2, 0) is 16.5 Å². The Morgan fingerprint density at radius 3 is 3.18 bits per heavy atom. The molecule has 2 fully saturated rings. The van der Waals surface area contributed by atoms with E-state index in [-0.39, 0.29) is 11.5 Å². The molecule has 1 aromatic rings. The van der Waals surface area contributed by atoms with Crippen LogP contribution in [0.2, 0.25) is 0 Å². The first-order valence-corrected chi connectivity index (χ1v) is 8.02. The number of likely N-dealkylation sites (tertiary alicyclic amines) is 1. The van der Waals surface area contributed by atoms with Crippen LogP contribution in [0.15, 0.2) is 12.5 Å². The van der Waals surface area contributed by atoms with Crippen LogP contribution in [0.1, 0.15) is 36.2 Å². The van der Waals surface area contributed by atoms with Gasteiger partial charge in [0.05, 0.1) is 25.1 Å². The van der Waals surface area contributed by atoms with Gasteiger partial charge in [-0.15, -0.1) is 0 Å². The zero-order valence-corrected chi connectivity index (χ0v) is 13.5. The number of methoxy groups -OCH3 is 1. The van der Waals surface area contributed by atoms with Crippen molar-refractivity contribution < 1.29 is 14.3 Å². The van der Waals surface area contributed by atoms with Gasteiger partial charge in [0, 0.05) is 33.5 Å². The lowest BCUT2D eigenvalue weighted by Gasteiger charge is -2.39. The number of aryl methyl sites for hydroxylation is 1. The average Bonchev–Trinajstić information content (AvgIpc) is 3.11. The fourth-order valence-electron chi connectivity index (χ4n) is 3.65. The van der Waals surface area contributed by atoms with Gasteiger partial charge in [-0.25, -0.2) is 4.98 Å². The van der Waals surface area contributed by atoms with Crippen LogP contribution in [0.5, 0.6) is 0 Å². The Morgan fingerprint density at radius 2 is 2.45 bits per heavy atom. The van der Waals surface area contributed by atoms with Crippen LogP contribution in [0, 0.1) is 5.92 Å². The van der Waals surface area contributed by atoms with Crippen LogP contribution in [-0.4, -0.2) is 59.4 Å². The maximum absolute atomic E-state index is 12.6. The topological polar surface area (TPSA) is 56.6 Å². The number of carbonyl (C=O) groups is 1. The summed E-state index contributed by atoms with van der Waals surface area (Å²) in [5, 5.41) is 0. The number of aromatic nitrogens is 2. The van der Waals surface area contributed by atoms with Crippen molar-refractivity contribution in [1.29, 1.82) is 0 Å². The van der Waals surface area contributed by atoms with E-state index in [1.54, 1.807) is 24.2 Å². The van der Waals surface area contributed by atoms with E-state index in [0.29, 0.717) is 18.2 Å². The van der Waals surface area contributed by atoms with Crippen molar-refractivity contribution in [1.82, 2.24) is 14.5 Å². The summed E-state index contributed by atoms with van der Waals surface area (Å²) in [6, 6.07) is 0. The predicted molar refractivity (Wildman–Crippen MR) is 81.6 cm³/mol. The van der Waals surface area contributed by atoms with Crippen LogP contribution in [0.3, 0.4) is 0 Å². The van der Waals surface area contributed by atoms with Gasteiger partial charge in [0.2, 0.25) is 0 Å². The van der Waals surface area contributed by atoms with Gasteiger partial charge in [0.15, 0.2) is 0 Å². The molecule has 0 radical (unpaired) electrons. The molecule has 0 N–H and O–H groups in total. The van der Waals surface area contributed by atoms with Crippen LogP contribution in [0.25, 0.3) is 0 Å². The van der Waals surface area contributed by atoms with Crippen molar-refractivity contribution in [3.63, 3.8) is 0 Å². The summed E-state index contributed by atoms with van der Waals surface area (Å²) in [6.45, 7) is 3.05. The summed E-state index contributed by atoms with van der Waals surface area (Å²) in [5.74, 6) is 0.563. The molecular weight excluding hydrogens is 282 g/mol. The summed E-state index contributed by atoms with van der Waals surface area (Å²) in [6.07, 6.45) is 7.55. The van der Waals surface area contributed by atoms with Crippen LogP contribution >= 0.6 is 0 Å². The lowest BCUT2D eigenvalue weighted by Crippen LogP contribution is -2.50. The maximum Gasteiger partial charge on any atom is 0.274 e. The molecule has 3 rings (SSSR count). The Morgan fingerprint density at radius 1 is 1.59 bits per heavy atom. The second-order valence-electron chi connectivity index (χ2n) is 6.60. The van der Waals surface area contributed by atoms with Crippen molar-refractivity contribution in [2.45, 2.75) is 31.3 Å². The van der Waals surface area contributed by atoms with E-state index < -0.39 is 0 Å². The number of piperidine rings is 1. The fourth-order valence-corrected chi connectivity index (χ4v) is 3.65. The summed E-state index contributed by atoms with van der Waals surface area (Å²) in [7, 11) is 3.61. The second-order valence-corrected chi connectivity index (χ2v) is 6.60. The average molecular weight is 307 g/mol. The van der Waals surface area contributed by atoms with Gasteiger partial charge >= 0.3 is 0 Å². The number of imidazole rings is 1. The first-order chi connectivity index (χ1) is 10.6. The van der Waals surface area contributed by atoms with Crippen molar-refractivity contribution in [2.24, 2.45) is 13.0 Å². The summed E-state index contributed by atoms with van der Waals surface area (Å²) in [4.78, 5) is 18.7. The smallest absolute Gasteiger partial charge is 0.274 e. The first-order valence-electron chi connectivity index (χ1n) is 8.02. The molecule has 6 nitrogen and oxygen atoms in total. The first kappa shape index (κ1) is 15.5. The SMILES string of the molecule is COCCC1COC2(CCCN(C(=O)c3cn(C)cn3)C2)C1. The lowest BCUT2D eigenvalue weighted by atomic mass is 9.85. The van der Waals surface area contributed by atoms with Gasteiger partial charge in [0.25, 0.3) is 5.91 Å². The molecule has 22 heavy (non-hydrogen) atoms. The molecule has 122 valence electrons. The van der Waals surface area contributed by atoms with Gasteiger partial charge in [0.1, 0.15) is 5.69 Å². The zero-order chi connectivity index (χ0) is 15.6. The Kier molecular flexibility index (Phi) is 4.49. The summed E-state index contributed by atoms with van der Waals surface area (Å²) in [5.41, 5.74) is 0.370. The third-order valence-corrected chi connectivity index (χ3v) is 4.77. The van der Waals surface area contributed by atoms with E-state index >= 15 is 0 Å². The number of rotatable bonds is 4. The number of hydrogen-bond acceptors (Lipinski definition) is 4. The second kappa shape index (κ2) is 6.38. The minimum absolute atomic E-state index is 0.0172. The maximum atomic E-state index is 12.6. The van der Waals surface area contributed by atoms with E-state index in [9.17, 15) is 4.79 Å². The van der Waals surface area contributed by atoms with Gasteiger partial charge in [-0.2, -0.15) is 0 Å². The Balaban J connectivity index is 1.63. The van der Waals surface area contributed by atoms with Gasteiger partial charge in [-0.1, -0.05) is 0 Å². The Labute approximate surface area is 131 Å². The highest BCUT2D eigenvalue weighted by Crippen LogP contribution is 2.38. The van der Waals surface area contributed by atoms with E-state index in [1.165, 1.54) is 0 Å².